The third-order valence-corrected chi connectivity index (χ3v) is 3.29. The lowest BCUT2D eigenvalue weighted by Crippen LogP contribution is -2.18. The second-order valence-electron chi connectivity index (χ2n) is 5.48. The number of H-pyrrole nitrogens is 1. The normalized spacial score (nSPS) is 10.8. The summed E-state index contributed by atoms with van der Waals surface area (Å²) in [5, 5.41) is 16.7. The fourth-order valence-electron chi connectivity index (χ4n) is 2.23. The number of carboxylic acid groups (broad SMARTS) is 1. The lowest BCUT2D eigenvalue weighted by Gasteiger charge is -2.15. The summed E-state index contributed by atoms with van der Waals surface area (Å²) in [5.41, 5.74) is 0.0617. The number of carboxylic acids is 1. The minimum absolute atomic E-state index is 0.0408. The van der Waals surface area contributed by atoms with Gasteiger partial charge in [-0.3, -0.25) is 4.79 Å². The molecule has 9 nitrogen and oxygen atoms in total. The van der Waals surface area contributed by atoms with E-state index in [2.05, 4.69) is 20.3 Å². The number of aromatic amines is 1. The standard InChI is InChI=1S/C16H15N5O4/c1-9(2)25-13-4-3-10(7-12(13)21-6-5-18-20-21)14-17-8-11(16(23)24)15(22)19-14/h3-9H,1-2H3,(H,23,24)(H,17,19,22). The molecule has 1 aromatic carbocycles. The number of aromatic carboxylic acids is 1. The van der Waals surface area contributed by atoms with Crippen LogP contribution >= 0.6 is 0 Å². The summed E-state index contributed by atoms with van der Waals surface area (Å²) in [4.78, 5) is 29.3. The molecule has 2 heterocycles. The highest BCUT2D eigenvalue weighted by Crippen LogP contribution is 2.28. The van der Waals surface area contributed by atoms with Crippen molar-refractivity contribution in [3.63, 3.8) is 0 Å². The molecule has 0 radical (unpaired) electrons. The molecule has 3 rings (SSSR count). The average molecular weight is 341 g/mol. The number of nitrogens with zero attached hydrogens (tertiary/aromatic N) is 4. The first-order valence-electron chi connectivity index (χ1n) is 7.46. The van der Waals surface area contributed by atoms with E-state index in [1.807, 2.05) is 13.8 Å². The van der Waals surface area contributed by atoms with Crippen LogP contribution in [-0.2, 0) is 0 Å². The third kappa shape index (κ3) is 3.39. The van der Waals surface area contributed by atoms with Crippen LogP contribution in [0.25, 0.3) is 17.1 Å². The molecule has 9 heteroatoms. The zero-order chi connectivity index (χ0) is 18.0. The Morgan fingerprint density at radius 1 is 1.36 bits per heavy atom. The summed E-state index contributed by atoms with van der Waals surface area (Å²) < 4.78 is 7.31. The van der Waals surface area contributed by atoms with Gasteiger partial charge in [0.2, 0.25) is 0 Å². The van der Waals surface area contributed by atoms with E-state index in [4.69, 9.17) is 9.84 Å². The molecule has 0 aliphatic heterocycles. The van der Waals surface area contributed by atoms with E-state index in [0.29, 0.717) is 17.0 Å². The van der Waals surface area contributed by atoms with Gasteiger partial charge in [-0.1, -0.05) is 5.21 Å². The minimum Gasteiger partial charge on any atom is -0.489 e. The Balaban J connectivity index is 2.09. The van der Waals surface area contributed by atoms with Crippen molar-refractivity contribution in [3.8, 4) is 22.8 Å². The first-order valence-corrected chi connectivity index (χ1v) is 7.46. The Labute approximate surface area is 141 Å². The molecule has 0 amide bonds. The molecule has 0 atom stereocenters. The van der Waals surface area contributed by atoms with Crippen molar-refractivity contribution < 1.29 is 14.6 Å². The van der Waals surface area contributed by atoms with Crippen molar-refractivity contribution in [1.82, 2.24) is 25.0 Å². The second-order valence-corrected chi connectivity index (χ2v) is 5.48. The quantitative estimate of drug-likeness (QED) is 0.721. The lowest BCUT2D eigenvalue weighted by atomic mass is 10.1. The van der Waals surface area contributed by atoms with Gasteiger partial charge >= 0.3 is 5.97 Å². The molecule has 25 heavy (non-hydrogen) atoms. The number of aromatic nitrogens is 5. The highest BCUT2D eigenvalue weighted by molar-refractivity contribution is 5.86. The van der Waals surface area contributed by atoms with Crippen molar-refractivity contribution in [2.75, 3.05) is 0 Å². The van der Waals surface area contributed by atoms with Crippen LogP contribution in [-0.4, -0.2) is 42.1 Å². The number of hydrogen-bond acceptors (Lipinski definition) is 6. The maximum absolute atomic E-state index is 11.9. The summed E-state index contributed by atoms with van der Waals surface area (Å²) in [6, 6.07) is 5.18. The number of ether oxygens (including phenoxy) is 1. The fraction of sp³-hybridized carbons (Fsp3) is 0.188. The van der Waals surface area contributed by atoms with E-state index in [9.17, 15) is 9.59 Å². The first kappa shape index (κ1) is 16.4. The number of benzene rings is 1. The van der Waals surface area contributed by atoms with E-state index in [1.165, 1.54) is 10.9 Å². The zero-order valence-electron chi connectivity index (χ0n) is 13.5. The monoisotopic (exact) mass is 341 g/mol. The molecule has 0 saturated carbocycles. The van der Waals surface area contributed by atoms with Gasteiger partial charge in [0.15, 0.2) is 0 Å². The van der Waals surface area contributed by atoms with Crippen molar-refractivity contribution >= 4 is 5.97 Å². The SMILES string of the molecule is CC(C)Oc1ccc(-c2ncc(C(=O)O)c(=O)[nH]2)cc1-n1ccnn1. The molecule has 0 aliphatic rings. The number of rotatable bonds is 5. The second kappa shape index (κ2) is 6.56. The maximum Gasteiger partial charge on any atom is 0.342 e. The summed E-state index contributed by atoms with van der Waals surface area (Å²) in [7, 11) is 0. The van der Waals surface area contributed by atoms with Gasteiger partial charge in [0.25, 0.3) is 5.56 Å². The van der Waals surface area contributed by atoms with Gasteiger partial charge < -0.3 is 14.8 Å². The Kier molecular flexibility index (Phi) is 4.29. The molecule has 2 N–H and O–H groups in total. The van der Waals surface area contributed by atoms with Gasteiger partial charge in [0.05, 0.1) is 18.5 Å². The highest BCUT2D eigenvalue weighted by Gasteiger charge is 2.14. The predicted octanol–water partition coefficient (Wildman–Crippen LogP) is 1.50. The molecule has 0 unspecified atom stereocenters. The van der Waals surface area contributed by atoms with Crippen LogP contribution < -0.4 is 10.3 Å². The van der Waals surface area contributed by atoms with Crippen LogP contribution in [0, 0.1) is 0 Å². The largest absolute Gasteiger partial charge is 0.489 e. The predicted molar refractivity (Wildman–Crippen MR) is 87.9 cm³/mol. The van der Waals surface area contributed by atoms with E-state index in [-0.39, 0.29) is 11.9 Å². The zero-order valence-corrected chi connectivity index (χ0v) is 13.5. The maximum atomic E-state index is 11.9. The number of nitrogens with one attached hydrogen (secondary N) is 1. The number of hydrogen-bond donors (Lipinski definition) is 2. The summed E-state index contributed by atoms with van der Waals surface area (Å²) in [5.74, 6) is -0.495. The third-order valence-electron chi connectivity index (χ3n) is 3.29. The Hall–Kier alpha value is -3.49. The fourth-order valence-corrected chi connectivity index (χ4v) is 2.23. The van der Waals surface area contributed by atoms with Crippen LogP contribution in [0.15, 0.2) is 41.6 Å². The van der Waals surface area contributed by atoms with Crippen LogP contribution in [0.5, 0.6) is 5.75 Å². The molecule has 128 valence electrons. The Morgan fingerprint density at radius 2 is 2.16 bits per heavy atom. The molecule has 2 aromatic heterocycles. The van der Waals surface area contributed by atoms with Gasteiger partial charge in [0, 0.05) is 11.8 Å². The van der Waals surface area contributed by atoms with Crippen molar-refractivity contribution in [1.29, 1.82) is 0 Å². The number of carbonyl (C=O) groups is 1. The van der Waals surface area contributed by atoms with Crippen LogP contribution in [0.3, 0.4) is 0 Å². The van der Waals surface area contributed by atoms with E-state index < -0.39 is 17.1 Å². The molecular formula is C16H15N5O4. The molecule has 0 aliphatic carbocycles. The molecule has 0 saturated heterocycles. The van der Waals surface area contributed by atoms with E-state index in [0.717, 1.165) is 6.20 Å². The van der Waals surface area contributed by atoms with Gasteiger partial charge in [-0.25, -0.2) is 14.5 Å². The first-order chi connectivity index (χ1) is 12.0. The van der Waals surface area contributed by atoms with Crippen molar-refractivity contribution in [3.05, 3.63) is 52.7 Å². The highest BCUT2D eigenvalue weighted by atomic mass is 16.5. The van der Waals surface area contributed by atoms with E-state index in [1.54, 1.807) is 24.4 Å². The minimum atomic E-state index is -1.33. The van der Waals surface area contributed by atoms with E-state index >= 15 is 0 Å². The lowest BCUT2D eigenvalue weighted by molar-refractivity contribution is 0.0694. The molecule has 0 bridgehead atoms. The van der Waals surface area contributed by atoms with Gasteiger partial charge in [-0.15, -0.1) is 5.10 Å². The van der Waals surface area contributed by atoms with Crippen molar-refractivity contribution in [2.24, 2.45) is 0 Å². The van der Waals surface area contributed by atoms with Crippen LogP contribution in [0.1, 0.15) is 24.2 Å². The summed E-state index contributed by atoms with van der Waals surface area (Å²) >= 11 is 0. The smallest absolute Gasteiger partial charge is 0.342 e. The van der Waals surface area contributed by atoms with Crippen molar-refractivity contribution in [2.45, 2.75) is 20.0 Å². The topological polar surface area (TPSA) is 123 Å². The summed E-state index contributed by atoms with van der Waals surface area (Å²) in [6.07, 6.45) is 4.19. The van der Waals surface area contributed by atoms with Crippen LogP contribution in [0.2, 0.25) is 0 Å². The molecule has 3 aromatic rings. The van der Waals surface area contributed by atoms with Gasteiger partial charge in [0.1, 0.15) is 22.8 Å². The molecule has 0 spiro atoms. The van der Waals surface area contributed by atoms with Gasteiger partial charge in [-0.05, 0) is 32.0 Å². The molecular weight excluding hydrogens is 326 g/mol. The average Bonchev–Trinajstić information content (AvgIpc) is 3.08. The van der Waals surface area contributed by atoms with Crippen LogP contribution in [0.4, 0.5) is 0 Å². The van der Waals surface area contributed by atoms with Gasteiger partial charge in [-0.2, -0.15) is 0 Å². The molecule has 0 fully saturated rings. The Morgan fingerprint density at radius 3 is 2.76 bits per heavy atom. The Bertz CT molecular complexity index is 963. The summed E-state index contributed by atoms with van der Waals surface area (Å²) in [6.45, 7) is 3.81.